The molecule has 0 bridgehead atoms. The third kappa shape index (κ3) is 3.76. The Kier molecular flexibility index (Phi) is 4.18. The molecule has 1 aromatic carbocycles. The fraction of sp³-hybridized carbons (Fsp3) is 0.417. The van der Waals surface area contributed by atoms with Crippen molar-refractivity contribution >= 4 is 21.1 Å². The second-order valence-corrected chi connectivity index (χ2v) is 6.21. The Hall–Kier alpha value is -1.44. The molecule has 0 fully saturated rings. The molecule has 0 saturated heterocycles. The van der Waals surface area contributed by atoms with Gasteiger partial charge in [-0.2, -0.15) is 0 Å². The molecule has 0 unspecified atom stereocenters. The number of nitrogens with two attached hydrogens (primary N) is 1. The third-order valence-corrected chi connectivity index (χ3v) is 3.80. The summed E-state index contributed by atoms with van der Waals surface area (Å²) in [5.74, 6) is 0.930. The summed E-state index contributed by atoms with van der Waals surface area (Å²) < 4.78 is 23.6. The van der Waals surface area contributed by atoms with Crippen LogP contribution >= 0.6 is 0 Å². The minimum Gasteiger partial charge on any atom is -0.330 e. The molecule has 0 aliphatic carbocycles. The first-order chi connectivity index (χ1) is 8.97. The SMILES string of the molecule is Cn1c(CNCCCS(N)(=O)=O)nc2ccccc21. The van der Waals surface area contributed by atoms with Gasteiger partial charge >= 0.3 is 0 Å². The van der Waals surface area contributed by atoms with E-state index in [0.717, 1.165) is 16.9 Å². The fourth-order valence-corrected chi connectivity index (χ4v) is 2.50. The van der Waals surface area contributed by atoms with Crippen LogP contribution in [0.3, 0.4) is 0 Å². The molecule has 0 aliphatic rings. The molecule has 1 aromatic heterocycles. The summed E-state index contributed by atoms with van der Waals surface area (Å²) in [5.41, 5.74) is 2.05. The lowest BCUT2D eigenvalue weighted by molar-refractivity contribution is 0.587. The predicted molar refractivity (Wildman–Crippen MR) is 75.0 cm³/mol. The van der Waals surface area contributed by atoms with Gasteiger partial charge in [-0.1, -0.05) is 12.1 Å². The normalized spacial score (nSPS) is 12.1. The third-order valence-electron chi connectivity index (χ3n) is 2.95. The molecule has 2 aromatic rings. The average molecular weight is 282 g/mol. The zero-order chi connectivity index (χ0) is 13.9. The van der Waals surface area contributed by atoms with E-state index in [-0.39, 0.29) is 5.75 Å². The van der Waals surface area contributed by atoms with Crippen molar-refractivity contribution in [2.24, 2.45) is 12.2 Å². The quantitative estimate of drug-likeness (QED) is 0.748. The van der Waals surface area contributed by atoms with E-state index in [9.17, 15) is 8.42 Å². The lowest BCUT2D eigenvalue weighted by atomic mass is 10.3. The average Bonchev–Trinajstić information content (AvgIpc) is 2.65. The zero-order valence-corrected chi connectivity index (χ0v) is 11.7. The van der Waals surface area contributed by atoms with Gasteiger partial charge in [0.2, 0.25) is 10.0 Å². The van der Waals surface area contributed by atoms with Crippen LogP contribution in [0.1, 0.15) is 12.2 Å². The first-order valence-electron chi connectivity index (χ1n) is 6.09. The maximum atomic E-state index is 10.8. The molecule has 0 saturated carbocycles. The maximum Gasteiger partial charge on any atom is 0.209 e. The van der Waals surface area contributed by atoms with Gasteiger partial charge in [0, 0.05) is 7.05 Å². The Labute approximate surface area is 112 Å². The number of imidazole rings is 1. The van der Waals surface area contributed by atoms with Crippen molar-refractivity contribution in [3.63, 3.8) is 0 Å². The smallest absolute Gasteiger partial charge is 0.209 e. The van der Waals surface area contributed by atoms with Gasteiger partial charge in [0.1, 0.15) is 5.82 Å². The summed E-state index contributed by atoms with van der Waals surface area (Å²) in [7, 11) is -1.39. The number of aromatic nitrogens is 2. The van der Waals surface area contributed by atoms with Crippen molar-refractivity contribution in [3.05, 3.63) is 30.1 Å². The number of hydrogen-bond donors (Lipinski definition) is 2. The number of fused-ring (bicyclic) bond motifs is 1. The van der Waals surface area contributed by atoms with Crippen molar-refractivity contribution < 1.29 is 8.42 Å². The Balaban J connectivity index is 1.90. The van der Waals surface area contributed by atoms with Crippen LogP contribution in [-0.4, -0.2) is 30.3 Å². The molecular formula is C12H18N4O2S. The van der Waals surface area contributed by atoms with E-state index >= 15 is 0 Å². The zero-order valence-electron chi connectivity index (χ0n) is 10.8. The van der Waals surface area contributed by atoms with Gasteiger partial charge in [0.05, 0.1) is 23.3 Å². The van der Waals surface area contributed by atoms with Crippen LogP contribution in [0.4, 0.5) is 0 Å². The van der Waals surface area contributed by atoms with E-state index in [1.807, 2.05) is 35.9 Å². The van der Waals surface area contributed by atoms with E-state index in [0.29, 0.717) is 19.5 Å². The fourth-order valence-electron chi connectivity index (χ4n) is 1.95. The van der Waals surface area contributed by atoms with Crippen LogP contribution in [0.2, 0.25) is 0 Å². The van der Waals surface area contributed by atoms with Crippen LogP contribution in [0, 0.1) is 0 Å². The van der Waals surface area contributed by atoms with E-state index in [1.54, 1.807) is 0 Å². The van der Waals surface area contributed by atoms with Crippen LogP contribution < -0.4 is 10.5 Å². The second kappa shape index (κ2) is 5.68. The molecule has 3 N–H and O–H groups in total. The first kappa shape index (κ1) is 14.0. The molecule has 0 atom stereocenters. The van der Waals surface area contributed by atoms with Crippen LogP contribution in [-0.2, 0) is 23.6 Å². The van der Waals surface area contributed by atoms with Gasteiger partial charge < -0.3 is 9.88 Å². The van der Waals surface area contributed by atoms with Crippen molar-refractivity contribution in [2.45, 2.75) is 13.0 Å². The molecule has 7 heteroatoms. The highest BCUT2D eigenvalue weighted by molar-refractivity contribution is 7.89. The molecule has 19 heavy (non-hydrogen) atoms. The van der Waals surface area contributed by atoms with Crippen molar-refractivity contribution in [1.29, 1.82) is 0 Å². The predicted octanol–water partition coefficient (Wildman–Crippen LogP) is 0.342. The molecule has 0 amide bonds. The number of benzene rings is 1. The summed E-state index contributed by atoms with van der Waals surface area (Å²) in [6.45, 7) is 1.20. The second-order valence-electron chi connectivity index (χ2n) is 4.47. The molecule has 2 rings (SSSR count). The van der Waals surface area contributed by atoms with Gasteiger partial charge in [0.25, 0.3) is 0 Å². The maximum absolute atomic E-state index is 10.8. The summed E-state index contributed by atoms with van der Waals surface area (Å²) >= 11 is 0. The van der Waals surface area contributed by atoms with E-state index in [1.165, 1.54) is 0 Å². The molecular weight excluding hydrogens is 264 g/mol. The summed E-state index contributed by atoms with van der Waals surface area (Å²) in [6, 6.07) is 7.93. The molecule has 6 nitrogen and oxygen atoms in total. The monoisotopic (exact) mass is 282 g/mol. The van der Waals surface area contributed by atoms with Gasteiger partial charge in [-0.3, -0.25) is 0 Å². The number of aryl methyl sites for hydroxylation is 1. The van der Waals surface area contributed by atoms with E-state index in [2.05, 4.69) is 10.3 Å². The topological polar surface area (TPSA) is 90.0 Å². The highest BCUT2D eigenvalue weighted by atomic mass is 32.2. The minimum atomic E-state index is -3.36. The van der Waals surface area contributed by atoms with Crippen molar-refractivity contribution in [3.8, 4) is 0 Å². The molecule has 0 aliphatic heterocycles. The summed E-state index contributed by atoms with van der Waals surface area (Å²) in [5, 5.41) is 8.10. The Morgan fingerprint density at radius 3 is 2.79 bits per heavy atom. The number of primary sulfonamides is 1. The number of para-hydroxylation sites is 2. The van der Waals surface area contributed by atoms with Crippen LogP contribution in [0.5, 0.6) is 0 Å². The van der Waals surface area contributed by atoms with Gasteiger partial charge in [-0.15, -0.1) is 0 Å². The number of nitrogens with zero attached hydrogens (tertiary/aromatic N) is 2. The number of nitrogens with one attached hydrogen (secondary N) is 1. The molecule has 0 spiro atoms. The molecule has 1 heterocycles. The summed E-state index contributed by atoms with van der Waals surface area (Å²) in [4.78, 5) is 4.52. The highest BCUT2D eigenvalue weighted by Gasteiger charge is 2.06. The number of sulfonamides is 1. The lowest BCUT2D eigenvalue weighted by Gasteiger charge is -2.04. The molecule has 0 radical (unpaired) electrons. The van der Waals surface area contributed by atoms with Gasteiger partial charge in [-0.05, 0) is 25.1 Å². The number of hydrogen-bond acceptors (Lipinski definition) is 4. The largest absolute Gasteiger partial charge is 0.330 e. The Bertz CT molecular complexity index is 663. The van der Waals surface area contributed by atoms with E-state index < -0.39 is 10.0 Å². The van der Waals surface area contributed by atoms with Gasteiger partial charge in [0.15, 0.2) is 0 Å². The van der Waals surface area contributed by atoms with Crippen LogP contribution in [0.15, 0.2) is 24.3 Å². The standard InChI is InChI=1S/C12H18N4O2S/c1-16-11-6-3-2-5-10(11)15-12(16)9-14-7-4-8-19(13,17)18/h2-3,5-6,14H,4,7-9H2,1H3,(H2,13,17,18). The Morgan fingerprint density at radius 1 is 1.37 bits per heavy atom. The van der Waals surface area contributed by atoms with Crippen molar-refractivity contribution in [2.75, 3.05) is 12.3 Å². The Morgan fingerprint density at radius 2 is 2.11 bits per heavy atom. The lowest BCUT2D eigenvalue weighted by Crippen LogP contribution is -2.22. The number of rotatable bonds is 6. The minimum absolute atomic E-state index is 0.00252. The van der Waals surface area contributed by atoms with Crippen molar-refractivity contribution in [1.82, 2.24) is 14.9 Å². The van der Waals surface area contributed by atoms with Crippen LogP contribution in [0.25, 0.3) is 11.0 Å². The molecule has 104 valence electrons. The highest BCUT2D eigenvalue weighted by Crippen LogP contribution is 2.13. The summed E-state index contributed by atoms with van der Waals surface area (Å²) in [6.07, 6.45) is 0.503. The first-order valence-corrected chi connectivity index (χ1v) is 7.80. The van der Waals surface area contributed by atoms with Gasteiger partial charge in [-0.25, -0.2) is 18.5 Å². The van der Waals surface area contributed by atoms with E-state index in [4.69, 9.17) is 5.14 Å².